The summed E-state index contributed by atoms with van der Waals surface area (Å²) < 4.78 is 6.70. The maximum atomic E-state index is 2.33. The van der Waals surface area contributed by atoms with Crippen molar-refractivity contribution >= 4 is 42.3 Å². The van der Waals surface area contributed by atoms with Gasteiger partial charge in [-0.1, -0.05) is 0 Å². The van der Waals surface area contributed by atoms with Crippen molar-refractivity contribution in [3.63, 3.8) is 0 Å². The second-order valence-electron chi connectivity index (χ2n) is 10.9. The van der Waals surface area contributed by atoms with Gasteiger partial charge in [0.15, 0.2) is 0 Å². The van der Waals surface area contributed by atoms with Gasteiger partial charge in [0, 0.05) is 0 Å². The van der Waals surface area contributed by atoms with Crippen LogP contribution < -0.4 is 0 Å². The molecule has 0 aliphatic rings. The summed E-state index contributed by atoms with van der Waals surface area (Å²) in [6.45, 7) is 9.25. The van der Waals surface area contributed by atoms with Crippen molar-refractivity contribution in [1.82, 2.24) is 0 Å². The number of hydrogen-bond donors (Lipinski definition) is 0. The molecule has 0 nitrogen and oxygen atoms in total. The Balaban J connectivity index is 0. The number of rotatable bonds is 27. The van der Waals surface area contributed by atoms with Crippen LogP contribution in [-0.4, -0.2) is 42.3 Å². The molecule has 0 fully saturated rings. The fourth-order valence-corrected chi connectivity index (χ4v) is 14.4. The van der Waals surface area contributed by atoms with E-state index in [1.165, 1.54) is 162 Å². The third-order valence-electron chi connectivity index (χ3n) is 7.26. The first-order chi connectivity index (χ1) is 16.8. The topological polar surface area (TPSA) is 0 Å². The zero-order valence-electron chi connectivity index (χ0n) is 25.0. The minimum absolute atomic E-state index is 1.02. The molecule has 0 unspecified atom stereocenters. The van der Waals surface area contributed by atoms with E-state index in [0.717, 1.165) is 0 Å². The standard InChI is InChI=1S/4C8H17.2Sn.2H/c4*1-3-5-7-8-6-4-2;;;;/h4*1,3-8H2,2H3;;;;. The van der Waals surface area contributed by atoms with Crippen molar-refractivity contribution in [2.45, 2.75) is 200 Å². The fraction of sp³-hybridized carbons (Fsp3) is 1.00. The predicted octanol–water partition coefficient (Wildman–Crippen LogP) is 12.0. The van der Waals surface area contributed by atoms with Crippen molar-refractivity contribution in [1.29, 1.82) is 0 Å². The van der Waals surface area contributed by atoms with Gasteiger partial charge in [0.1, 0.15) is 0 Å². The molecule has 0 aromatic heterocycles. The zero-order valence-corrected chi connectivity index (χ0v) is 31.9. The van der Waals surface area contributed by atoms with E-state index in [4.69, 9.17) is 0 Å². The Morgan fingerprint density at radius 1 is 0.324 bits per heavy atom. The Hall–Kier alpha value is 1.60. The van der Waals surface area contributed by atoms with Gasteiger partial charge in [0.2, 0.25) is 0 Å². The first-order valence-electron chi connectivity index (χ1n) is 16.4. The van der Waals surface area contributed by atoms with Crippen LogP contribution in [0.15, 0.2) is 0 Å². The van der Waals surface area contributed by atoms with E-state index in [1.54, 1.807) is 32.6 Å². The summed E-state index contributed by atoms with van der Waals surface area (Å²) in [6, 6.07) is 0. The van der Waals surface area contributed by atoms with Crippen LogP contribution in [0.5, 0.6) is 0 Å². The van der Waals surface area contributed by atoms with Crippen LogP contribution in [0.2, 0.25) is 17.7 Å². The summed E-state index contributed by atoms with van der Waals surface area (Å²) in [6.07, 6.45) is 35.7. The van der Waals surface area contributed by atoms with Gasteiger partial charge in [-0.15, -0.1) is 0 Å². The molecule has 2 heteroatoms. The SMILES string of the molecule is CCCCCCC[CH2][SnH2].CCCCCCC[CH2][Sn]([CH2]CCCCCCC)[CH2]CCCCCCC. The normalized spacial score (nSPS) is 11.1. The molecule has 0 heterocycles. The summed E-state index contributed by atoms with van der Waals surface area (Å²) in [4.78, 5) is 0. The molecule has 206 valence electrons. The molecule has 0 aromatic rings. The fourth-order valence-electron chi connectivity index (χ4n) is 4.80. The van der Waals surface area contributed by atoms with E-state index in [1.807, 2.05) is 0 Å². The third-order valence-corrected chi connectivity index (χ3v) is 17.8. The first kappa shape index (κ1) is 37.7. The van der Waals surface area contributed by atoms with Gasteiger partial charge in [-0.2, -0.15) is 0 Å². The zero-order chi connectivity index (χ0) is 25.4. The van der Waals surface area contributed by atoms with Crippen LogP contribution in [0.3, 0.4) is 0 Å². The second kappa shape index (κ2) is 36.8. The second-order valence-corrected chi connectivity index (χ2v) is 21.5. The molecular formula is C32H70Sn2. The van der Waals surface area contributed by atoms with E-state index >= 15 is 0 Å². The van der Waals surface area contributed by atoms with Gasteiger partial charge >= 0.3 is 242 Å². The van der Waals surface area contributed by atoms with Gasteiger partial charge in [-0.25, -0.2) is 0 Å². The molecule has 0 N–H and O–H groups in total. The Kier molecular flexibility index (Phi) is 40.8. The summed E-state index contributed by atoms with van der Waals surface area (Å²) >= 11 is 0.201. The van der Waals surface area contributed by atoms with E-state index < -0.39 is 19.8 Å². The van der Waals surface area contributed by atoms with Gasteiger partial charge < -0.3 is 0 Å². The van der Waals surface area contributed by atoms with Gasteiger partial charge in [-0.3, -0.25) is 0 Å². The van der Waals surface area contributed by atoms with E-state index in [-0.39, 0.29) is 0 Å². The van der Waals surface area contributed by atoms with Crippen LogP contribution in [0.25, 0.3) is 0 Å². The molecule has 0 aliphatic carbocycles. The molecule has 0 saturated heterocycles. The van der Waals surface area contributed by atoms with Gasteiger partial charge in [-0.05, 0) is 0 Å². The first-order valence-corrected chi connectivity index (χ1v) is 25.3. The molecular weight excluding hydrogens is 622 g/mol. The number of hydrogen-bond acceptors (Lipinski definition) is 0. The van der Waals surface area contributed by atoms with Crippen molar-refractivity contribution in [2.24, 2.45) is 0 Å². The average Bonchev–Trinajstić information content (AvgIpc) is 2.85. The molecule has 0 bridgehead atoms. The van der Waals surface area contributed by atoms with Crippen molar-refractivity contribution in [2.75, 3.05) is 0 Å². The summed E-state index contributed by atoms with van der Waals surface area (Å²) in [5, 5.41) is 0. The van der Waals surface area contributed by atoms with Crippen LogP contribution in [0.1, 0.15) is 182 Å². The number of unbranched alkanes of at least 4 members (excludes halogenated alkanes) is 20. The summed E-state index contributed by atoms with van der Waals surface area (Å²) in [5.74, 6) is 0. The monoisotopic (exact) mass is 694 g/mol. The van der Waals surface area contributed by atoms with Gasteiger partial charge in [0.05, 0.1) is 0 Å². The molecule has 0 aliphatic heterocycles. The minimum atomic E-state index is -1.02. The van der Waals surface area contributed by atoms with Crippen molar-refractivity contribution in [3.05, 3.63) is 0 Å². The van der Waals surface area contributed by atoms with Gasteiger partial charge in [0.25, 0.3) is 0 Å². The van der Waals surface area contributed by atoms with E-state index in [9.17, 15) is 0 Å². The molecule has 0 atom stereocenters. The van der Waals surface area contributed by atoms with Crippen molar-refractivity contribution < 1.29 is 0 Å². The predicted molar refractivity (Wildman–Crippen MR) is 167 cm³/mol. The quantitative estimate of drug-likeness (QED) is 0.0594. The van der Waals surface area contributed by atoms with Crippen molar-refractivity contribution in [3.8, 4) is 0 Å². The Morgan fingerprint density at radius 3 is 0.824 bits per heavy atom. The molecule has 0 spiro atoms. The third kappa shape index (κ3) is 35.8. The van der Waals surface area contributed by atoms with E-state index in [2.05, 4.69) is 27.7 Å². The van der Waals surface area contributed by atoms with Crippen LogP contribution in [0.4, 0.5) is 0 Å². The Morgan fingerprint density at radius 2 is 0.559 bits per heavy atom. The molecule has 0 saturated carbocycles. The van der Waals surface area contributed by atoms with Crippen LogP contribution in [0, 0.1) is 0 Å². The molecule has 2 radical (unpaired) electrons. The molecule has 0 aromatic carbocycles. The summed E-state index contributed by atoms with van der Waals surface area (Å²) in [7, 11) is 0. The average molecular weight is 692 g/mol. The maximum absolute atomic E-state index is 2.33. The van der Waals surface area contributed by atoms with Crippen LogP contribution >= 0.6 is 0 Å². The van der Waals surface area contributed by atoms with E-state index in [0.29, 0.717) is 0 Å². The Bertz CT molecular complexity index is 274. The molecule has 34 heavy (non-hydrogen) atoms. The summed E-state index contributed by atoms with van der Waals surface area (Å²) in [5.41, 5.74) is 0. The van der Waals surface area contributed by atoms with Crippen LogP contribution in [-0.2, 0) is 0 Å². The Labute approximate surface area is 240 Å². The molecule has 0 rings (SSSR count). The molecule has 0 amide bonds.